The van der Waals surface area contributed by atoms with Gasteiger partial charge in [-0.3, -0.25) is 19.2 Å². The minimum Gasteiger partial charge on any atom is -0.508 e. The zero-order valence-electron chi connectivity index (χ0n) is 16.3. The third-order valence-corrected chi connectivity index (χ3v) is 4.62. The van der Waals surface area contributed by atoms with Gasteiger partial charge in [-0.2, -0.15) is 0 Å². The second-order valence-electron chi connectivity index (χ2n) is 6.94. The van der Waals surface area contributed by atoms with E-state index < -0.39 is 49.1 Å². The molecule has 0 bridgehead atoms. The number of hydrogen-bond acceptors (Lipinski definition) is 7. The van der Waals surface area contributed by atoms with Crippen molar-refractivity contribution in [2.45, 2.75) is 37.4 Å². The predicted octanol–water partition coefficient (Wildman–Crippen LogP) is -2.15. The van der Waals surface area contributed by atoms with Crippen molar-refractivity contribution >= 4 is 23.7 Å². The van der Waals surface area contributed by atoms with E-state index in [4.69, 9.17) is 5.11 Å². The maximum atomic E-state index is 12.8. The van der Waals surface area contributed by atoms with Crippen molar-refractivity contribution < 1.29 is 34.5 Å². The van der Waals surface area contributed by atoms with Crippen molar-refractivity contribution in [3.63, 3.8) is 0 Å². The number of aliphatic hydroxyl groups is 1. The van der Waals surface area contributed by atoms with Gasteiger partial charge in [0.25, 0.3) is 0 Å². The summed E-state index contributed by atoms with van der Waals surface area (Å²) in [6.07, 6.45) is 1.55. The third-order valence-electron chi connectivity index (χ3n) is 4.62. The lowest BCUT2D eigenvalue weighted by atomic mass is 10.0. The molecule has 1 saturated heterocycles. The fourth-order valence-corrected chi connectivity index (χ4v) is 3.01. The van der Waals surface area contributed by atoms with Gasteiger partial charge in [-0.1, -0.05) is 12.1 Å². The number of phenols is 1. The molecule has 0 spiro atoms. The van der Waals surface area contributed by atoms with Crippen LogP contribution in [0.25, 0.3) is 0 Å². The average molecular weight is 422 g/mol. The van der Waals surface area contributed by atoms with Crippen LogP contribution in [0.2, 0.25) is 0 Å². The van der Waals surface area contributed by atoms with Crippen molar-refractivity contribution in [3.05, 3.63) is 29.8 Å². The van der Waals surface area contributed by atoms with Crippen LogP contribution < -0.4 is 21.3 Å². The summed E-state index contributed by atoms with van der Waals surface area (Å²) in [5.74, 6) is -3.15. The van der Waals surface area contributed by atoms with Crippen LogP contribution >= 0.6 is 0 Å². The summed E-state index contributed by atoms with van der Waals surface area (Å²) in [4.78, 5) is 47.8. The Morgan fingerprint density at radius 2 is 1.77 bits per heavy atom. The first-order valence-corrected chi connectivity index (χ1v) is 9.52. The van der Waals surface area contributed by atoms with Gasteiger partial charge < -0.3 is 36.6 Å². The second kappa shape index (κ2) is 11.1. The SMILES string of the molecule is O=C(O)CNC(=O)C(CO)NC(=O)C(Cc1ccc(O)cc1)NC(=O)C1CCCN1. The molecule has 1 aromatic carbocycles. The Hall–Kier alpha value is -3.18. The number of aromatic hydroxyl groups is 1. The van der Waals surface area contributed by atoms with Crippen LogP contribution in [0.5, 0.6) is 5.75 Å². The highest BCUT2D eigenvalue weighted by molar-refractivity contribution is 5.94. The molecule has 7 N–H and O–H groups in total. The van der Waals surface area contributed by atoms with Crippen molar-refractivity contribution in [1.82, 2.24) is 21.3 Å². The molecule has 164 valence electrons. The first kappa shape index (κ1) is 23.1. The molecule has 1 heterocycles. The Labute approximate surface area is 172 Å². The number of hydrogen-bond donors (Lipinski definition) is 7. The van der Waals surface area contributed by atoms with Crippen molar-refractivity contribution in [2.24, 2.45) is 0 Å². The molecule has 11 nitrogen and oxygen atoms in total. The number of carbonyl (C=O) groups is 4. The van der Waals surface area contributed by atoms with Gasteiger partial charge in [-0.25, -0.2) is 0 Å². The van der Waals surface area contributed by atoms with Gasteiger partial charge in [0.1, 0.15) is 24.4 Å². The Morgan fingerprint density at radius 3 is 2.33 bits per heavy atom. The van der Waals surface area contributed by atoms with E-state index in [1.807, 2.05) is 0 Å². The van der Waals surface area contributed by atoms with E-state index >= 15 is 0 Å². The molecular weight excluding hydrogens is 396 g/mol. The molecule has 3 unspecified atom stereocenters. The highest BCUT2D eigenvalue weighted by Gasteiger charge is 2.30. The number of benzene rings is 1. The number of phenolic OH excluding ortho intramolecular Hbond substituents is 1. The molecule has 3 amide bonds. The highest BCUT2D eigenvalue weighted by atomic mass is 16.4. The van der Waals surface area contributed by atoms with Crippen molar-refractivity contribution in [3.8, 4) is 5.75 Å². The molecule has 1 aliphatic rings. The molecule has 1 aliphatic heterocycles. The van der Waals surface area contributed by atoms with Gasteiger partial charge >= 0.3 is 5.97 Å². The zero-order valence-corrected chi connectivity index (χ0v) is 16.3. The first-order chi connectivity index (χ1) is 14.3. The fourth-order valence-electron chi connectivity index (χ4n) is 3.01. The zero-order chi connectivity index (χ0) is 22.1. The van der Waals surface area contributed by atoms with Crippen LogP contribution in [-0.2, 0) is 25.6 Å². The van der Waals surface area contributed by atoms with Gasteiger partial charge in [-0.05, 0) is 37.1 Å². The number of rotatable bonds is 10. The van der Waals surface area contributed by atoms with Gasteiger partial charge in [0.2, 0.25) is 17.7 Å². The Balaban J connectivity index is 2.09. The molecule has 0 aliphatic carbocycles. The minimum atomic E-state index is -1.37. The summed E-state index contributed by atoms with van der Waals surface area (Å²) in [6.45, 7) is -0.712. The van der Waals surface area contributed by atoms with Gasteiger partial charge in [-0.15, -0.1) is 0 Å². The molecule has 3 atom stereocenters. The van der Waals surface area contributed by atoms with E-state index in [1.54, 1.807) is 12.1 Å². The lowest BCUT2D eigenvalue weighted by Gasteiger charge is -2.23. The molecule has 1 aromatic rings. The lowest BCUT2D eigenvalue weighted by molar-refractivity contribution is -0.139. The van der Waals surface area contributed by atoms with E-state index in [-0.39, 0.29) is 18.1 Å². The maximum absolute atomic E-state index is 12.8. The molecule has 11 heteroatoms. The summed E-state index contributed by atoms with van der Waals surface area (Å²) in [5.41, 5.74) is 0.656. The number of nitrogens with one attached hydrogen (secondary N) is 4. The normalized spacial score (nSPS) is 17.6. The van der Waals surface area contributed by atoms with E-state index in [2.05, 4.69) is 21.3 Å². The van der Waals surface area contributed by atoms with Crippen LogP contribution in [0.4, 0.5) is 0 Å². The molecule has 0 aromatic heterocycles. The van der Waals surface area contributed by atoms with Crippen molar-refractivity contribution in [1.29, 1.82) is 0 Å². The summed E-state index contributed by atoms with van der Waals surface area (Å²) >= 11 is 0. The van der Waals surface area contributed by atoms with Crippen LogP contribution in [0.3, 0.4) is 0 Å². The summed E-state index contributed by atoms with van der Waals surface area (Å²) in [7, 11) is 0. The van der Waals surface area contributed by atoms with Gasteiger partial charge in [0, 0.05) is 6.42 Å². The van der Waals surface area contributed by atoms with E-state index in [9.17, 15) is 29.4 Å². The van der Waals surface area contributed by atoms with Gasteiger partial charge in [0.05, 0.1) is 12.6 Å². The third kappa shape index (κ3) is 7.01. The number of carboxylic acid groups (broad SMARTS) is 1. The molecule has 30 heavy (non-hydrogen) atoms. The first-order valence-electron chi connectivity index (χ1n) is 9.52. The smallest absolute Gasteiger partial charge is 0.322 e. The molecular formula is C19H26N4O7. The van der Waals surface area contributed by atoms with Crippen LogP contribution in [0, 0.1) is 0 Å². The van der Waals surface area contributed by atoms with Crippen LogP contribution in [-0.4, -0.2) is 76.8 Å². The van der Waals surface area contributed by atoms with Gasteiger partial charge in [0.15, 0.2) is 0 Å². The van der Waals surface area contributed by atoms with Crippen LogP contribution in [0.15, 0.2) is 24.3 Å². The number of amides is 3. The summed E-state index contributed by atoms with van der Waals surface area (Å²) in [6, 6.07) is 3.23. The topological polar surface area (TPSA) is 177 Å². The van der Waals surface area contributed by atoms with E-state index in [0.717, 1.165) is 6.42 Å². The summed E-state index contributed by atoms with van der Waals surface area (Å²) in [5, 5.41) is 37.6. The lowest BCUT2D eigenvalue weighted by Crippen LogP contribution is -2.57. The van der Waals surface area contributed by atoms with Crippen LogP contribution in [0.1, 0.15) is 18.4 Å². The maximum Gasteiger partial charge on any atom is 0.322 e. The minimum absolute atomic E-state index is 0.0504. The van der Waals surface area contributed by atoms with Crippen molar-refractivity contribution in [2.75, 3.05) is 19.7 Å². The Morgan fingerprint density at radius 1 is 1.07 bits per heavy atom. The number of carbonyl (C=O) groups excluding carboxylic acids is 3. The standard InChI is InChI=1S/C19H26N4O7/c24-10-15(17(28)21-9-16(26)27)23-19(30)14(8-11-3-5-12(25)6-4-11)22-18(29)13-2-1-7-20-13/h3-6,13-15,20,24-25H,1-2,7-10H2,(H,21,28)(H,22,29)(H,23,30)(H,26,27). The fraction of sp³-hybridized carbons (Fsp3) is 0.474. The number of aliphatic hydroxyl groups excluding tert-OH is 1. The Kier molecular flexibility index (Phi) is 8.56. The monoisotopic (exact) mass is 422 g/mol. The molecule has 1 fully saturated rings. The summed E-state index contributed by atoms with van der Waals surface area (Å²) < 4.78 is 0. The number of aliphatic carboxylic acids is 1. The molecule has 0 saturated carbocycles. The Bertz CT molecular complexity index is 763. The largest absolute Gasteiger partial charge is 0.508 e. The average Bonchev–Trinajstić information content (AvgIpc) is 3.26. The van der Waals surface area contributed by atoms with E-state index in [0.29, 0.717) is 18.5 Å². The molecule has 0 radical (unpaired) electrons. The quantitative estimate of drug-likeness (QED) is 0.223. The second-order valence-corrected chi connectivity index (χ2v) is 6.94. The predicted molar refractivity (Wildman–Crippen MR) is 104 cm³/mol. The highest BCUT2D eigenvalue weighted by Crippen LogP contribution is 2.12. The molecule has 2 rings (SSSR count). The van der Waals surface area contributed by atoms with E-state index in [1.165, 1.54) is 12.1 Å². The number of carboxylic acids is 1.